The van der Waals surface area contributed by atoms with E-state index in [-0.39, 0.29) is 0 Å². The highest BCUT2D eigenvalue weighted by atomic mass is 16.1. The summed E-state index contributed by atoms with van der Waals surface area (Å²) in [6, 6.07) is 14.7. The van der Waals surface area contributed by atoms with Crippen LogP contribution in [0.25, 0.3) is 10.8 Å². The first-order valence-corrected chi connectivity index (χ1v) is 5.23. The van der Waals surface area contributed by atoms with Crippen molar-refractivity contribution in [1.82, 2.24) is 0 Å². The first kappa shape index (κ1) is 9.91. The van der Waals surface area contributed by atoms with Crippen LogP contribution in [0, 0.1) is 0 Å². The van der Waals surface area contributed by atoms with Crippen molar-refractivity contribution in [2.45, 2.75) is 19.3 Å². The maximum atomic E-state index is 10.5. The molecule has 0 N–H and O–H groups in total. The third-order valence-electron chi connectivity index (χ3n) is 2.79. The van der Waals surface area contributed by atoms with Gasteiger partial charge in [-0.05, 0) is 22.3 Å². The first-order valence-electron chi connectivity index (χ1n) is 5.23. The van der Waals surface area contributed by atoms with Crippen LogP contribution in [0.3, 0.4) is 0 Å². The molecule has 0 heterocycles. The van der Waals surface area contributed by atoms with E-state index in [1.54, 1.807) is 0 Å². The van der Waals surface area contributed by atoms with Crippen molar-refractivity contribution < 1.29 is 4.79 Å². The largest absolute Gasteiger partial charge is 0.303 e. The van der Waals surface area contributed by atoms with E-state index >= 15 is 0 Å². The Morgan fingerprint density at radius 2 is 1.87 bits per heavy atom. The van der Waals surface area contributed by atoms with Crippen molar-refractivity contribution >= 4 is 17.1 Å². The smallest absolute Gasteiger partial charge is 0.120 e. The van der Waals surface area contributed by atoms with Crippen LogP contribution in [0.1, 0.15) is 24.8 Å². The van der Waals surface area contributed by atoms with Crippen LogP contribution < -0.4 is 0 Å². The number of rotatable bonds is 3. The molecule has 0 amide bonds. The number of hydrogen-bond donors (Lipinski definition) is 0. The molecule has 2 aromatic carbocycles. The minimum atomic E-state index is 0.312. The second-order valence-corrected chi connectivity index (χ2v) is 3.91. The summed E-state index contributed by atoms with van der Waals surface area (Å²) in [5.41, 5.74) is 1.24. The molecule has 2 aromatic rings. The molecule has 0 spiro atoms. The molecule has 1 nitrogen and oxygen atoms in total. The molecule has 0 unspecified atom stereocenters. The van der Waals surface area contributed by atoms with Gasteiger partial charge < -0.3 is 4.79 Å². The van der Waals surface area contributed by atoms with Gasteiger partial charge in [-0.2, -0.15) is 0 Å². The first-order chi connectivity index (χ1) is 7.31. The van der Waals surface area contributed by atoms with Crippen molar-refractivity contribution in [3.8, 4) is 0 Å². The third-order valence-corrected chi connectivity index (χ3v) is 2.79. The van der Waals surface area contributed by atoms with Crippen LogP contribution in [0.15, 0.2) is 42.5 Å². The van der Waals surface area contributed by atoms with Gasteiger partial charge in [0.05, 0.1) is 0 Å². The fraction of sp³-hybridized carbons (Fsp3) is 0.214. The van der Waals surface area contributed by atoms with Crippen molar-refractivity contribution in [2.75, 3.05) is 0 Å². The van der Waals surface area contributed by atoms with E-state index in [9.17, 15) is 4.79 Å². The SMILES string of the molecule is C[C@@H](CC=O)c1ccc2ccccc2c1. The molecule has 0 radical (unpaired) electrons. The second-order valence-electron chi connectivity index (χ2n) is 3.91. The zero-order chi connectivity index (χ0) is 10.7. The van der Waals surface area contributed by atoms with Gasteiger partial charge in [0, 0.05) is 6.42 Å². The molecule has 15 heavy (non-hydrogen) atoms. The lowest BCUT2D eigenvalue weighted by Crippen LogP contribution is -1.93. The minimum absolute atomic E-state index is 0.312. The van der Waals surface area contributed by atoms with Gasteiger partial charge in [0.15, 0.2) is 0 Å². The zero-order valence-corrected chi connectivity index (χ0v) is 8.81. The van der Waals surface area contributed by atoms with Crippen LogP contribution in [-0.2, 0) is 4.79 Å². The summed E-state index contributed by atoms with van der Waals surface area (Å²) >= 11 is 0. The summed E-state index contributed by atoms with van der Waals surface area (Å²) in [6.07, 6.45) is 1.58. The Bertz CT molecular complexity index is 473. The molecule has 0 bridgehead atoms. The highest BCUT2D eigenvalue weighted by Gasteiger charge is 2.04. The summed E-state index contributed by atoms with van der Waals surface area (Å²) in [5, 5.41) is 2.49. The monoisotopic (exact) mass is 198 g/mol. The van der Waals surface area contributed by atoms with E-state index in [2.05, 4.69) is 37.3 Å². The summed E-state index contributed by atoms with van der Waals surface area (Å²) in [4.78, 5) is 10.5. The Balaban J connectivity index is 2.42. The van der Waals surface area contributed by atoms with Crippen LogP contribution in [0.5, 0.6) is 0 Å². The average Bonchev–Trinajstić information content (AvgIpc) is 2.29. The maximum absolute atomic E-state index is 10.5. The summed E-state index contributed by atoms with van der Waals surface area (Å²) in [5.74, 6) is 0.312. The number of carbonyl (C=O) groups excluding carboxylic acids is 1. The summed E-state index contributed by atoms with van der Waals surface area (Å²) in [6.45, 7) is 2.08. The number of carbonyl (C=O) groups is 1. The molecular formula is C14H14O. The highest BCUT2D eigenvalue weighted by Crippen LogP contribution is 2.22. The predicted octanol–water partition coefficient (Wildman–Crippen LogP) is 3.53. The molecule has 0 fully saturated rings. The van der Waals surface area contributed by atoms with Crippen molar-refractivity contribution in [2.24, 2.45) is 0 Å². The van der Waals surface area contributed by atoms with E-state index in [1.165, 1.54) is 16.3 Å². The molecule has 0 aliphatic rings. The normalized spacial score (nSPS) is 12.6. The van der Waals surface area contributed by atoms with E-state index in [4.69, 9.17) is 0 Å². The van der Waals surface area contributed by atoms with Gasteiger partial charge in [0.25, 0.3) is 0 Å². The highest BCUT2D eigenvalue weighted by molar-refractivity contribution is 5.83. The Kier molecular flexibility index (Phi) is 2.82. The molecule has 0 aromatic heterocycles. The van der Waals surface area contributed by atoms with E-state index in [1.807, 2.05) is 12.1 Å². The van der Waals surface area contributed by atoms with Crippen LogP contribution in [0.4, 0.5) is 0 Å². The number of fused-ring (bicyclic) bond motifs is 1. The second kappa shape index (κ2) is 4.26. The van der Waals surface area contributed by atoms with Crippen LogP contribution in [0.2, 0.25) is 0 Å². The third kappa shape index (κ3) is 2.07. The lowest BCUT2D eigenvalue weighted by Gasteiger charge is -2.09. The van der Waals surface area contributed by atoms with Crippen molar-refractivity contribution in [1.29, 1.82) is 0 Å². The molecule has 76 valence electrons. The lowest BCUT2D eigenvalue weighted by atomic mass is 9.96. The summed E-state index contributed by atoms with van der Waals surface area (Å²) < 4.78 is 0. The average molecular weight is 198 g/mol. The van der Waals surface area contributed by atoms with E-state index < -0.39 is 0 Å². The van der Waals surface area contributed by atoms with E-state index in [0.29, 0.717) is 12.3 Å². The van der Waals surface area contributed by atoms with Gasteiger partial charge in [-0.1, -0.05) is 49.4 Å². The number of benzene rings is 2. The fourth-order valence-electron chi connectivity index (χ4n) is 1.79. The predicted molar refractivity (Wildman–Crippen MR) is 63.0 cm³/mol. The molecule has 0 saturated heterocycles. The topological polar surface area (TPSA) is 17.1 Å². The Morgan fingerprint density at radius 1 is 1.13 bits per heavy atom. The fourth-order valence-corrected chi connectivity index (χ4v) is 1.79. The molecule has 0 saturated carbocycles. The number of aldehydes is 1. The standard InChI is InChI=1S/C14H14O/c1-11(8-9-15)13-7-6-12-4-2-3-5-14(12)10-13/h2-7,9-11H,8H2,1H3/t11-/m0/s1. The quantitative estimate of drug-likeness (QED) is 0.689. The molecule has 0 aliphatic carbocycles. The molecule has 0 aliphatic heterocycles. The van der Waals surface area contributed by atoms with E-state index in [0.717, 1.165) is 6.29 Å². The Morgan fingerprint density at radius 3 is 2.60 bits per heavy atom. The molecule has 2 rings (SSSR count). The molecule has 1 atom stereocenters. The summed E-state index contributed by atoms with van der Waals surface area (Å²) in [7, 11) is 0. The van der Waals surface area contributed by atoms with Crippen LogP contribution in [-0.4, -0.2) is 6.29 Å². The van der Waals surface area contributed by atoms with Gasteiger partial charge in [0.2, 0.25) is 0 Å². The maximum Gasteiger partial charge on any atom is 0.120 e. The Labute approximate surface area is 89.7 Å². The molecule has 1 heteroatoms. The van der Waals surface area contributed by atoms with Gasteiger partial charge in [-0.25, -0.2) is 0 Å². The lowest BCUT2D eigenvalue weighted by molar-refractivity contribution is -0.108. The van der Waals surface area contributed by atoms with Gasteiger partial charge >= 0.3 is 0 Å². The number of hydrogen-bond acceptors (Lipinski definition) is 1. The van der Waals surface area contributed by atoms with Gasteiger partial charge in [0.1, 0.15) is 6.29 Å². The molecular weight excluding hydrogens is 184 g/mol. The Hall–Kier alpha value is -1.63. The minimum Gasteiger partial charge on any atom is -0.303 e. The van der Waals surface area contributed by atoms with Gasteiger partial charge in [-0.3, -0.25) is 0 Å². The van der Waals surface area contributed by atoms with Crippen molar-refractivity contribution in [3.05, 3.63) is 48.0 Å². The van der Waals surface area contributed by atoms with Crippen molar-refractivity contribution in [3.63, 3.8) is 0 Å². The van der Waals surface area contributed by atoms with Crippen LogP contribution >= 0.6 is 0 Å². The zero-order valence-electron chi connectivity index (χ0n) is 8.81. The van der Waals surface area contributed by atoms with Gasteiger partial charge in [-0.15, -0.1) is 0 Å².